The number of primary amides is 1. The average molecular weight is 325 g/mol. The van der Waals surface area contributed by atoms with Crippen LogP contribution in [-0.4, -0.2) is 59.0 Å². The number of methoxy groups -OCH3 is 1. The lowest BCUT2D eigenvalue weighted by atomic mass is 10.2. The molecule has 1 aliphatic rings. The molecule has 7 nitrogen and oxygen atoms in total. The Morgan fingerprint density at radius 3 is 2.83 bits per heavy atom. The van der Waals surface area contributed by atoms with E-state index in [0.29, 0.717) is 11.5 Å². The number of hydrogen-bond donors (Lipinski definition) is 3. The first-order valence-electron chi connectivity index (χ1n) is 8.00. The maximum atomic E-state index is 10.8. The number of quaternary nitrogens is 2. The highest BCUT2D eigenvalue weighted by atomic mass is 16.5. The minimum absolute atomic E-state index is 0.149. The van der Waals surface area contributed by atoms with E-state index in [2.05, 4.69) is 5.32 Å². The lowest BCUT2D eigenvalue weighted by Gasteiger charge is -2.22. The molecule has 0 saturated carbocycles. The molecule has 1 amide bonds. The largest absolute Gasteiger partial charge is 0.493 e. The van der Waals surface area contributed by atoms with E-state index in [4.69, 9.17) is 19.9 Å². The van der Waals surface area contributed by atoms with Gasteiger partial charge in [0.15, 0.2) is 18.1 Å². The van der Waals surface area contributed by atoms with E-state index in [-0.39, 0.29) is 6.61 Å². The predicted molar refractivity (Wildman–Crippen MR) is 84.6 cm³/mol. The van der Waals surface area contributed by atoms with Crippen molar-refractivity contribution in [1.29, 1.82) is 0 Å². The Morgan fingerprint density at radius 2 is 2.13 bits per heavy atom. The normalized spacial score (nSPS) is 15.3. The number of nitrogens with two attached hydrogens (primary N) is 2. The Balaban J connectivity index is 1.77. The molecular weight excluding hydrogens is 298 g/mol. The van der Waals surface area contributed by atoms with Crippen LogP contribution in [0.5, 0.6) is 11.5 Å². The van der Waals surface area contributed by atoms with Crippen LogP contribution in [-0.2, 0) is 16.1 Å². The quantitative estimate of drug-likeness (QED) is 0.439. The second kappa shape index (κ2) is 9.34. The first kappa shape index (κ1) is 17.5. The average Bonchev–Trinajstić information content (AvgIpc) is 2.58. The molecule has 23 heavy (non-hydrogen) atoms. The zero-order valence-corrected chi connectivity index (χ0v) is 13.7. The van der Waals surface area contributed by atoms with Crippen LogP contribution in [0.15, 0.2) is 18.2 Å². The SMILES string of the molecule is COc1cc(C[NH2+]CC[NH+]2CCOCC2)ccc1OCC(N)=O. The molecule has 0 unspecified atom stereocenters. The fraction of sp³-hybridized carbons (Fsp3) is 0.562. The van der Waals surface area contributed by atoms with Gasteiger partial charge in [-0.15, -0.1) is 0 Å². The zero-order chi connectivity index (χ0) is 16.5. The van der Waals surface area contributed by atoms with Gasteiger partial charge in [0, 0.05) is 5.56 Å². The van der Waals surface area contributed by atoms with Gasteiger partial charge in [0.2, 0.25) is 0 Å². The maximum absolute atomic E-state index is 10.8. The Hall–Kier alpha value is -1.83. The molecule has 1 fully saturated rings. The van der Waals surface area contributed by atoms with Gasteiger partial charge in [-0.2, -0.15) is 0 Å². The van der Waals surface area contributed by atoms with Crippen LogP contribution in [0.2, 0.25) is 0 Å². The first-order valence-corrected chi connectivity index (χ1v) is 8.00. The van der Waals surface area contributed by atoms with Crippen LogP contribution in [0.25, 0.3) is 0 Å². The molecule has 0 atom stereocenters. The summed E-state index contributed by atoms with van der Waals surface area (Å²) in [5.41, 5.74) is 6.24. The standard InChI is InChI=1S/C16H25N3O4/c1-21-15-10-13(2-3-14(15)23-12-16(17)20)11-18-4-5-19-6-8-22-9-7-19/h2-3,10,18H,4-9,11-12H2,1H3,(H2,17,20)/p+2. The van der Waals surface area contributed by atoms with Crippen molar-refractivity contribution in [3.8, 4) is 11.5 Å². The first-order chi connectivity index (χ1) is 11.2. The molecule has 0 radical (unpaired) electrons. The third-order valence-electron chi connectivity index (χ3n) is 3.88. The lowest BCUT2D eigenvalue weighted by Crippen LogP contribution is -3.16. The molecule has 0 aromatic heterocycles. The highest BCUT2D eigenvalue weighted by molar-refractivity contribution is 5.75. The summed E-state index contributed by atoms with van der Waals surface area (Å²) in [5, 5.41) is 2.29. The number of ether oxygens (including phenoxy) is 3. The summed E-state index contributed by atoms with van der Waals surface area (Å²) < 4.78 is 16.0. The Bertz CT molecular complexity index is 504. The molecule has 0 spiro atoms. The number of benzene rings is 1. The number of hydrogen-bond acceptors (Lipinski definition) is 4. The molecule has 0 bridgehead atoms. The van der Waals surface area contributed by atoms with Gasteiger partial charge < -0.3 is 30.2 Å². The van der Waals surface area contributed by atoms with Crippen LogP contribution in [0, 0.1) is 0 Å². The number of carbonyl (C=O) groups is 1. The van der Waals surface area contributed by atoms with Gasteiger partial charge in [-0.1, -0.05) is 0 Å². The molecule has 2 rings (SSSR count). The van der Waals surface area contributed by atoms with Gasteiger partial charge in [0.05, 0.1) is 20.3 Å². The smallest absolute Gasteiger partial charge is 0.255 e. The summed E-state index contributed by atoms with van der Waals surface area (Å²) >= 11 is 0. The molecule has 1 saturated heterocycles. The highest BCUT2D eigenvalue weighted by Crippen LogP contribution is 2.27. The summed E-state index contributed by atoms with van der Waals surface area (Å²) in [5.74, 6) is 0.652. The molecule has 0 aliphatic carbocycles. The van der Waals surface area contributed by atoms with Crippen LogP contribution in [0.4, 0.5) is 0 Å². The van der Waals surface area contributed by atoms with Gasteiger partial charge in [-0.25, -0.2) is 0 Å². The number of carbonyl (C=O) groups excluding carboxylic acids is 1. The molecule has 5 N–H and O–H groups in total. The second-order valence-corrected chi connectivity index (χ2v) is 5.63. The van der Waals surface area contributed by atoms with Gasteiger partial charge in [0.25, 0.3) is 5.91 Å². The van der Waals surface area contributed by atoms with Crippen molar-refractivity contribution in [2.24, 2.45) is 5.73 Å². The maximum Gasteiger partial charge on any atom is 0.255 e. The zero-order valence-electron chi connectivity index (χ0n) is 13.7. The molecular formula is C16H27N3O4+2. The summed E-state index contributed by atoms with van der Waals surface area (Å²) in [6.45, 7) is 6.93. The van der Waals surface area contributed by atoms with Crippen molar-refractivity contribution in [1.82, 2.24) is 0 Å². The molecule has 1 aliphatic heterocycles. The minimum Gasteiger partial charge on any atom is -0.493 e. The van der Waals surface area contributed by atoms with Crippen molar-refractivity contribution in [3.63, 3.8) is 0 Å². The summed E-state index contributed by atoms with van der Waals surface area (Å²) in [6.07, 6.45) is 0. The van der Waals surface area contributed by atoms with Crippen LogP contribution in [0.3, 0.4) is 0 Å². The lowest BCUT2D eigenvalue weighted by molar-refractivity contribution is -0.920. The van der Waals surface area contributed by atoms with E-state index < -0.39 is 5.91 Å². The van der Waals surface area contributed by atoms with E-state index in [1.54, 1.807) is 12.0 Å². The fourth-order valence-electron chi connectivity index (χ4n) is 2.59. The highest BCUT2D eigenvalue weighted by Gasteiger charge is 2.14. The second-order valence-electron chi connectivity index (χ2n) is 5.63. The molecule has 128 valence electrons. The van der Waals surface area contributed by atoms with Crippen molar-refractivity contribution in [3.05, 3.63) is 23.8 Å². The summed E-state index contributed by atoms with van der Waals surface area (Å²) in [7, 11) is 1.59. The van der Waals surface area contributed by atoms with Crippen molar-refractivity contribution >= 4 is 5.91 Å². The third kappa shape index (κ3) is 6.05. The summed E-state index contributed by atoms with van der Waals surface area (Å²) in [4.78, 5) is 12.4. The number of nitrogens with one attached hydrogen (secondary N) is 1. The number of amides is 1. The predicted octanol–water partition coefficient (Wildman–Crippen LogP) is -2.46. The van der Waals surface area contributed by atoms with E-state index >= 15 is 0 Å². The van der Waals surface area contributed by atoms with Crippen LogP contribution < -0.4 is 25.4 Å². The minimum atomic E-state index is -0.505. The van der Waals surface area contributed by atoms with E-state index in [1.165, 1.54) is 0 Å². The Morgan fingerprint density at radius 1 is 1.35 bits per heavy atom. The Labute approximate surface area is 136 Å². The third-order valence-corrected chi connectivity index (χ3v) is 3.88. The molecule has 1 aromatic rings. The van der Waals surface area contributed by atoms with Crippen molar-refractivity contribution in [2.45, 2.75) is 6.54 Å². The van der Waals surface area contributed by atoms with Crippen LogP contribution in [0.1, 0.15) is 5.56 Å². The number of rotatable bonds is 9. The van der Waals surface area contributed by atoms with E-state index in [0.717, 1.165) is 51.5 Å². The van der Waals surface area contributed by atoms with E-state index in [1.807, 2.05) is 18.2 Å². The molecule has 1 aromatic carbocycles. The van der Waals surface area contributed by atoms with Gasteiger partial charge in [-0.05, 0) is 18.2 Å². The fourth-order valence-corrected chi connectivity index (χ4v) is 2.59. The van der Waals surface area contributed by atoms with E-state index in [9.17, 15) is 4.79 Å². The van der Waals surface area contributed by atoms with Crippen molar-refractivity contribution < 1.29 is 29.2 Å². The number of morpholine rings is 1. The van der Waals surface area contributed by atoms with Gasteiger partial charge in [0.1, 0.15) is 32.7 Å². The van der Waals surface area contributed by atoms with Crippen LogP contribution >= 0.6 is 0 Å². The Kier molecular flexibility index (Phi) is 7.12. The topological polar surface area (TPSA) is 91.8 Å². The van der Waals surface area contributed by atoms with Gasteiger partial charge in [-0.3, -0.25) is 4.79 Å². The molecule has 7 heteroatoms. The monoisotopic (exact) mass is 325 g/mol. The molecule has 1 heterocycles. The van der Waals surface area contributed by atoms with Crippen molar-refractivity contribution in [2.75, 3.05) is 53.1 Å². The van der Waals surface area contributed by atoms with Gasteiger partial charge >= 0.3 is 0 Å². The summed E-state index contributed by atoms with van der Waals surface area (Å²) in [6, 6.07) is 5.74.